The van der Waals surface area contributed by atoms with Crippen LogP contribution >= 0.6 is 0 Å². The molecule has 1 rings (SSSR count). The molecule has 1 saturated heterocycles. The van der Waals surface area contributed by atoms with Crippen molar-refractivity contribution in [3.05, 3.63) is 0 Å². The highest BCUT2D eigenvalue weighted by atomic mass is 16.5. The van der Waals surface area contributed by atoms with Crippen molar-refractivity contribution in [1.82, 2.24) is 10.2 Å². The smallest absolute Gasteiger partial charge is 0.0630 e. The number of likely N-dealkylation sites (N-methyl/N-ethyl adjacent to an activating group) is 1. The Morgan fingerprint density at radius 3 is 2.81 bits per heavy atom. The van der Waals surface area contributed by atoms with E-state index in [2.05, 4.69) is 17.1 Å². The second-order valence-electron chi connectivity index (χ2n) is 4.82. The molecule has 0 aromatic carbocycles. The van der Waals surface area contributed by atoms with E-state index in [1.807, 2.05) is 7.05 Å². The largest absolute Gasteiger partial charge is 0.383 e. The van der Waals surface area contributed by atoms with E-state index >= 15 is 0 Å². The maximum absolute atomic E-state index is 5.36. The monoisotopic (exact) mass is 228 g/mol. The summed E-state index contributed by atoms with van der Waals surface area (Å²) in [6, 6.07) is 1.30. The van der Waals surface area contributed by atoms with Crippen LogP contribution in [0.15, 0.2) is 0 Å². The molecule has 0 aromatic heterocycles. The number of rotatable bonds is 6. The molecule has 0 aliphatic carbocycles. The van der Waals surface area contributed by atoms with Gasteiger partial charge in [0.15, 0.2) is 0 Å². The minimum atomic E-state index is 0.540. The number of likely N-dealkylation sites (tertiary alicyclic amines) is 1. The van der Waals surface area contributed by atoms with Crippen LogP contribution in [0, 0.1) is 0 Å². The summed E-state index contributed by atoms with van der Waals surface area (Å²) in [6.07, 6.45) is 6.77. The van der Waals surface area contributed by atoms with Crippen LogP contribution in [-0.2, 0) is 4.74 Å². The third kappa shape index (κ3) is 4.04. The second-order valence-corrected chi connectivity index (χ2v) is 4.82. The van der Waals surface area contributed by atoms with E-state index in [-0.39, 0.29) is 0 Å². The SMILES string of the molecule is CCC1CCCCCN1C(CNC)COC. The number of hydrogen-bond donors (Lipinski definition) is 1. The fourth-order valence-corrected chi connectivity index (χ4v) is 2.82. The topological polar surface area (TPSA) is 24.5 Å². The first-order valence-electron chi connectivity index (χ1n) is 6.72. The van der Waals surface area contributed by atoms with Crippen LogP contribution < -0.4 is 5.32 Å². The maximum atomic E-state index is 5.36. The standard InChI is InChI=1S/C13H28N2O/c1-4-12-8-6-5-7-9-15(12)13(10-14-2)11-16-3/h12-14H,4-11H2,1-3H3. The highest BCUT2D eigenvalue weighted by molar-refractivity contribution is 4.82. The van der Waals surface area contributed by atoms with Crippen molar-refractivity contribution in [1.29, 1.82) is 0 Å². The van der Waals surface area contributed by atoms with Crippen LogP contribution in [0.25, 0.3) is 0 Å². The first kappa shape index (κ1) is 13.9. The van der Waals surface area contributed by atoms with Crippen molar-refractivity contribution in [2.24, 2.45) is 0 Å². The summed E-state index contributed by atoms with van der Waals surface area (Å²) in [7, 11) is 3.84. The summed E-state index contributed by atoms with van der Waals surface area (Å²) in [5, 5.41) is 3.29. The number of nitrogens with one attached hydrogen (secondary N) is 1. The van der Waals surface area contributed by atoms with Crippen molar-refractivity contribution in [3.8, 4) is 0 Å². The molecular weight excluding hydrogens is 200 g/mol. The lowest BCUT2D eigenvalue weighted by molar-refractivity contribution is 0.0609. The summed E-state index contributed by atoms with van der Waals surface area (Å²) in [4.78, 5) is 2.67. The fourth-order valence-electron chi connectivity index (χ4n) is 2.82. The first-order valence-corrected chi connectivity index (χ1v) is 6.72. The Morgan fingerprint density at radius 1 is 1.38 bits per heavy atom. The molecule has 1 N–H and O–H groups in total. The predicted octanol–water partition coefficient (Wildman–Crippen LogP) is 1.88. The Morgan fingerprint density at radius 2 is 2.19 bits per heavy atom. The molecule has 1 fully saturated rings. The van der Waals surface area contributed by atoms with Crippen LogP contribution in [0.2, 0.25) is 0 Å². The third-order valence-corrected chi connectivity index (χ3v) is 3.66. The Labute approximate surface area is 101 Å². The van der Waals surface area contributed by atoms with Crippen LogP contribution in [-0.4, -0.2) is 50.8 Å². The normalized spacial score (nSPS) is 25.3. The highest BCUT2D eigenvalue weighted by Gasteiger charge is 2.25. The second kappa shape index (κ2) is 8.04. The minimum Gasteiger partial charge on any atom is -0.383 e. The molecule has 2 atom stereocenters. The molecule has 1 aliphatic rings. The summed E-state index contributed by atoms with van der Waals surface area (Å²) >= 11 is 0. The zero-order valence-corrected chi connectivity index (χ0v) is 11.2. The van der Waals surface area contributed by atoms with Crippen molar-refractivity contribution in [2.45, 2.75) is 51.1 Å². The van der Waals surface area contributed by atoms with Crippen LogP contribution in [0.1, 0.15) is 39.0 Å². The summed E-state index contributed by atoms with van der Waals surface area (Å²) in [5.41, 5.74) is 0. The average Bonchev–Trinajstić information content (AvgIpc) is 2.53. The Hall–Kier alpha value is -0.120. The van der Waals surface area contributed by atoms with Gasteiger partial charge in [-0.1, -0.05) is 19.8 Å². The van der Waals surface area contributed by atoms with E-state index in [1.54, 1.807) is 7.11 Å². The van der Waals surface area contributed by atoms with Crippen molar-refractivity contribution in [3.63, 3.8) is 0 Å². The zero-order valence-electron chi connectivity index (χ0n) is 11.2. The van der Waals surface area contributed by atoms with E-state index in [0.29, 0.717) is 6.04 Å². The summed E-state index contributed by atoms with van der Waals surface area (Å²) in [6.45, 7) is 5.43. The average molecular weight is 228 g/mol. The molecule has 1 heterocycles. The van der Waals surface area contributed by atoms with Gasteiger partial charge in [-0.2, -0.15) is 0 Å². The number of nitrogens with zero attached hydrogens (tertiary/aromatic N) is 1. The van der Waals surface area contributed by atoms with Crippen molar-refractivity contribution in [2.75, 3.05) is 33.9 Å². The lowest BCUT2D eigenvalue weighted by atomic mass is 10.1. The summed E-state index contributed by atoms with van der Waals surface area (Å²) < 4.78 is 5.36. The Balaban J connectivity index is 2.60. The molecule has 0 aromatic rings. The molecule has 16 heavy (non-hydrogen) atoms. The molecule has 2 unspecified atom stereocenters. The number of hydrogen-bond acceptors (Lipinski definition) is 3. The van der Waals surface area contributed by atoms with Gasteiger partial charge in [-0.25, -0.2) is 0 Å². The highest BCUT2D eigenvalue weighted by Crippen LogP contribution is 2.21. The number of methoxy groups -OCH3 is 1. The van der Waals surface area contributed by atoms with E-state index in [1.165, 1.54) is 38.6 Å². The minimum absolute atomic E-state index is 0.540. The van der Waals surface area contributed by atoms with Gasteiger partial charge in [-0.15, -0.1) is 0 Å². The van der Waals surface area contributed by atoms with Gasteiger partial charge in [0.05, 0.1) is 6.61 Å². The molecule has 96 valence electrons. The Bertz CT molecular complexity index is 169. The van der Waals surface area contributed by atoms with Crippen LogP contribution in [0.3, 0.4) is 0 Å². The van der Waals surface area contributed by atoms with Gasteiger partial charge in [0, 0.05) is 25.7 Å². The fraction of sp³-hybridized carbons (Fsp3) is 1.00. The molecule has 3 nitrogen and oxygen atoms in total. The van der Waals surface area contributed by atoms with Gasteiger partial charge in [-0.05, 0) is 32.9 Å². The molecule has 0 radical (unpaired) electrons. The quantitative estimate of drug-likeness (QED) is 0.751. The summed E-state index contributed by atoms with van der Waals surface area (Å²) in [5.74, 6) is 0. The maximum Gasteiger partial charge on any atom is 0.0630 e. The zero-order chi connectivity index (χ0) is 11.8. The molecule has 0 bridgehead atoms. The van der Waals surface area contributed by atoms with Gasteiger partial charge < -0.3 is 10.1 Å². The van der Waals surface area contributed by atoms with Gasteiger partial charge in [-0.3, -0.25) is 4.90 Å². The molecular formula is C13H28N2O. The lowest BCUT2D eigenvalue weighted by Gasteiger charge is -2.36. The lowest BCUT2D eigenvalue weighted by Crippen LogP contribution is -2.49. The van der Waals surface area contributed by atoms with E-state index < -0.39 is 0 Å². The van der Waals surface area contributed by atoms with Gasteiger partial charge in [0.25, 0.3) is 0 Å². The first-order chi connectivity index (χ1) is 7.83. The van der Waals surface area contributed by atoms with Gasteiger partial charge >= 0.3 is 0 Å². The Kier molecular flexibility index (Phi) is 7.01. The molecule has 0 saturated carbocycles. The molecule has 0 spiro atoms. The molecule has 0 amide bonds. The van der Waals surface area contributed by atoms with Crippen molar-refractivity contribution >= 4 is 0 Å². The third-order valence-electron chi connectivity index (χ3n) is 3.66. The van der Waals surface area contributed by atoms with E-state index in [9.17, 15) is 0 Å². The van der Waals surface area contributed by atoms with Gasteiger partial charge in [0.1, 0.15) is 0 Å². The van der Waals surface area contributed by atoms with Crippen LogP contribution in [0.4, 0.5) is 0 Å². The van der Waals surface area contributed by atoms with E-state index in [0.717, 1.165) is 19.2 Å². The molecule has 3 heteroatoms. The predicted molar refractivity (Wildman–Crippen MR) is 68.8 cm³/mol. The van der Waals surface area contributed by atoms with Gasteiger partial charge in [0.2, 0.25) is 0 Å². The van der Waals surface area contributed by atoms with Crippen molar-refractivity contribution < 1.29 is 4.74 Å². The molecule has 1 aliphatic heterocycles. The van der Waals surface area contributed by atoms with E-state index in [4.69, 9.17) is 4.74 Å². The number of ether oxygens (including phenoxy) is 1. The van der Waals surface area contributed by atoms with Crippen LogP contribution in [0.5, 0.6) is 0 Å².